The molecule has 0 spiro atoms. The van der Waals surface area contributed by atoms with Crippen LogP contribution in [-0.4, -0.2) is 9.97 Å². The fraction of sp³-hybridized carbons (Fsp3) is 0.222. The lowest BCUT2D eigenvalue weighted by Crippen LogP contribution is -2.13. The first kappa shape index (κ1) is 13.5. The Morgan fingerprint density at radius 1 is 1.14 bits per heavy atom. The molecule has 3 aromatic rings. The van der Waals surface area contributed by atoms with Gasteiger partial charge in [0.15, 0.2) is 0 Å². The third-order valence-corrected chi connectivity index (χ3v) is 4.35. The van der Waals surface area contributed by atoms with Gasteiger partial charge in [0.05, 0.1) is 5.69 Å². The molecule has 0 fully saturated rings. The maximum atomic E-state index is 6.05. The molecular weight excluding hydrogens is 296 g/mol. The van der Waals surface area contributed by atoms with Crippen LogP contribution in [0.25, 0.3) is 11.5 Å². The molecule has 1 atom stereocenters. The fourth-order valence-electron chi connectivity index (χ4n) is 2.99. The molecule has 3 nitrogen and oxygen atoms in total. The zero-order chi connectivity index (χ0) is 14.9. The van der Waals surface area contributed by atoms with E-state index in [2.05, 4.69) is 16.0 Å². The summed E-state index contributed by atoms with van der Waals surface area (Å²) in [4.78, 5) is 9.16. The molecular formula is C18H15ClN2O. The minimum absolute atomic E-state index is 0.422. The lowest BCUT2D eigenvalue weighted by Gasteiger charge is -2.19. The van der Waals surface area contributed by atoms with Gasteiger partial charge in [-0.1, -0.05) is 23.7 Å². The molecule has 1 aromatic carbocycles. The van der Waals surface area contributed by atoms with E-state index in [1.807, 2.05) is 42.6 Å². The van der Waals surface area contributed by atoms with Gasteiger partial charge in [0.1, 0.15) is 5.76 Å². The summed E-state index contributed by atoms with van der Waals surface area (Å²) in [6.07, 6.45) is 4.69. The van der Waals surface area contributed by atoms with Gasteiger partial charge in [-0.15, -0.1) is 0 Å². The van der Waals surface area contributed by atoms with Crippen LogP contribution in [0, 0.1) is 0 Å². The Kier molecular flexibility index (Phi) is 3.43. The van der Waals surface area contributed by atoms with Crippen molar-refractivity contribution in [1.29, 1.82) is 0 Å². The first-order valence-electron chi connectivity index (χ1n) is 7.45. The first-order valence-corrected chi connectivity index (χ1v) is 7.83. The molecule has 4 rings (SSSR count). The molecule has 4 heteroatoms. The van der Waals surface area contributed by atoms with Crippen molar-refractivity contribution in [3.8, 4) is 11.5 Å². The zero-order valence-corrected chi connectivity index (χ0v) is 12.8. The molecule has 2 aromatic heterocycles. The van der Waals surface area contributed by atoms with Crippen molar-refractivity contribution in [1.82, 2.24) is 9.97 Å². The average Bonchev–Trinajstić information content (AvgIpc) is 2.99. The standard InChI is InChI=1S/C18H15ClN2O/c19-14-5-3-4-13(10-14)18-21-16-11-12(7-8-17(16)22-18)15-6-1-2-9-20-15/h1-6,9-10,12H,7-8,11H2. The summed E-state index contributed by atoms with van der Waals surface area (Å²) >= 11 is 6.05. The molecule has 0 aliphatic heterocycles. The molecule has 22 heavy (non-hydrogen) atoms. The number of benzene rings is 1. The highest BCUT2D eigenvalue weighted by atomic mass is 35.5. The smallest absolute Gasteiger partial charge is 0.226 e. The number of fused-ring (bicyclic) bond motifs is 1. The minimum Gasteiger partial charge on any atom is -0.441 e. The van der Waals surface area contributed by atoms with Crippen LogP contribution in [0.3, 0.4) is 0 Å². The highest BCUT2D eigenvalue weighted by Crippen LogP contribution is 2.34. The number of halogens is 1. The van der Waals surface area contributed by atoms with E-state index in [9.17, 15) is 0 Å². The summed E-state index contributed by atoms with van der Waals surface area (Å²) in [6, 6.07) is 13.7. The molecule has 1 aliphatic carbocycles. The minimum atomic E-state index is 0.422. The number of hydrogen-bond donors (Lipinski definition) is 0. The van der Waals surface area contributed by atoms with Crippen molar-refractivity contribution in [3.63, 3.8) is 0 Å². The van der Waals surface area contributed by atoms with Crippen molar-refractivity contribution >= 4 is 11.6 Å². The van der Waals surface area contributed by atoms with Crippen molar-refractivity contribution < 1.29 is 4.42 Å². The van der Waals surface area contributed by atoms with E-state index in [1.54, 1.807) is 0 Å². The van der Waals surface area contributed by atoms with Crippen molar-refractivity contribution in [2.24, 2.45) is 0 Å². The van der Waals surface area contributed by atoms with Gasteiger partial charge in [-0.25, -0.2) is 4.98 Å². The maximum Gasteiger partial charge on any atom is 0.226 e. The number of aromatic nitrogens is 2. The molecule has 1 unspecified atom stereocenters. The van der Waals surface area contributed by atoms with Crippen molar-refractivity contribution in [2.45, 2.75) is 25.2 Å². The molecule has 1 aliphatic rings. The van der Waals surface area contributed by atoms with Gasteiger partial charge in [0.2, 0.25) is 5.89 Å². The monoisotopic (exact) mass is 310 g/mol. The summed E-state index contributed by atoms with van der Waals surface area (Å²) in [5, 5.41) is 0.694. The summed E-state index contributed by atoms with van der Waals surface area (Å²) in [7, 11) is 0. The summed E-state index contributed by atoms with van der Waals surface area (Å²) in [5.41, 5.74) is 3.12. The second-order valence-corrected chi connectivity index (χ2v) is 6.03. The Morgan fingerprint density at radius 3 is 2.91 bits per heavy atom. The summed E-state index contributed by atoms with van der Waals surface area (Å²) < 4.78 is 5.94. The van der Waals surface area contributed by atoms with Crippen molar-refractivity contribution in [2.75, 3.05) is 0 Å². The van der Waals surface area contributed by atoms with E-state index in [-0.39, 0.29) is 0 Å². The van der Waals surface area contributed by atoms with E-state index in [0.29, 0.717) is 16.8 Å². The van der Waals surface area contributed by atoms with E-state index in [4.69, 9.17) is 16.0 Å². The summed E-state index contributed by atoms with van der Waals surface area (Å²) in [5.74, 6) is 2.09. The Labute approximate surface area is 134 Å². The van der Waals surface area contributed by atoms with Gasteiger partial charge in [-0.3, -0.25) is 4.98 Å². The Bertz CT molecular complexity index is 798. The molecule has 110 valence electrons. The van der Waals surface area contributed by atoms with E-state index in [1.165, 1.54) is 0 Å². The lowest BCUT2D eigenvalue weighted by molar-refractivity contribution is 0.461. The molecule has 0 saturated heterocycles. The van der Waals surface area contributed by atoms with Crippen LogP contribution in [0.5, 0.6) is 0 Å². The number of nitrogens with zero attached hydrogens (tertiary/aromatic N) is 2. The predicted octanol–water partition coefficient (Wildman–Crippen LogP) is 4.66. The van der Waals surface area contributed by atoms with Crippen LogP contribution < -0.4 is 0 Å². The molecule has 0 saturated carbocycles. The van der Waals surface area contributed by atoms with E-state index < -0.39 is 0 Å². The van der Waals surface area contributed by atoms with Gasteiger partial charge in [0, 0.05) is 41.2 Å². The van der Waals surface area contributed by atoms with Crippen molar-refractivity contribution in [3.05, 3.63) is 70.8 Å². The number of rotatable bonds is 2. The number of aryl methyl sites for hydroxylation is 1. The molecule has 2 heterocycles. The Hall–Kier alpha value is -2.13. The molecule has 0 amide bonds. The third-order valence-electron chi connectivity index (χ3n) is 4.12. The molecule has 0 bridgehead atoms. The van der Waals surface area contributed by atoms with E-state index in [0.717, 1.165) is 42.0 Å². The van der Waals surface area contributed by atoms with Crippen LogP contribution >= 0.6 is 11.6 Å². The normalized spacial score (nSPS) is 17.2. The lowest BCUT2D eigenvalue weighted by atomic mass is 9.87. The van der Waals surface area contributed by atoms with Gasteiger partial charge >= 0.3 is 0 Å². The third kappa shape index (κ3) is 2.53. The summed E-state index contributed by atoms with van der Waals surface area (Å²) in [6.45, 7) is 0. The van der Waals surface area contributed by atoms with Crippen LogP contribution in [-0.2, 0) is 12.8 Å². The highest BCUT2D eigenvalue weighted by Gasteiger charge is 2.26. The predicted molar refractivity (Wildman–Crippen MR) is 86.0 cm³/mol. The zero-order valence-electron chi connectivity index (χ0n) is 12.0. The Balaban J connectivity index is 1.64. The van der Waals surface area contributed by atoms with Crippen LogP contribution in [0.1, 0.15) is 29.5 Å². The van der Waals surface area contributed by atoms with Crippen LogP contribution in [0.4, 0.5) is 0 Å². The number of hydrogen-bond acceptors (Lipinski definition) is 3. The number of oxazole rings is 1. The van der Waals surface area contributed by atoms with E-state index >= 15 is 0 Å². The average molecular weight is 311 g/mol. The second-order valence-electron chi connectivity index (χ2n) is 5.59. The first-order chi connectivity index (χ1) is 10.8. The number of pyridine rings is 1. The second kappa shape index (κ2) is 5.58. The highest BCUT2D eigenvalue weighted by molar-refractivity contribution is 6.30. The molecule has 0 radical (unpaired) electrons. The Morgan fingerprint density at radius 2 is 2.09 bits per heavy atom. The van der Waals surface area contributed by atoms with Crippen LogP contribution in [0.15, 0.2) is 53.1 Å². The quantitative estimate of drug-likeness (QED) is 0.691. The topological polar surface area (TPSA) is 38.9 Å². The van der Waals surface area contributed by atoms with Gasteiger partial charge in [0.25, 0.3) is 0 Å². The van der Waals surface area contributed by atoms with Gasteiger partial charge < -0.3 is 4.42 Å². The van der Waals surface area contributed by atoms with Crippen LogP contribution in [0.2, 0.25) is 5.02 Å². The largest absolute Gasteiger partial charge is 0.441 e. The van der Waals surface area contributed by atoms with Gasteiger partial charge in [-0.05, 0) is 36.8 Å². The van der Waals surface area contributed by atoms with Gasteiger partial charge in [-0.2, -0.15) is 0 Å². The maximum absolute atomic E-state index is 6.05. The SMILES string of the molecule is Clc1cccc(-c2nc3c(o2)CCC(c2ccccn2)C3)c1. The fourth-order valence-corrected chi connectivity index (χ4v) is 3.18. The molecule has 0 N–H and O–H groups in total.